The number of anilines is 1. The van der Waals surface area contributed by atoms with Crippen molar-refractivity contribution in [1.29, 1.82) is 0 Å². The van der Waals surface area contributed by atoms with Crippen molar-refractivity contribution in [1.82, 2.24) is 14.5 Å². The van der Waals surface area contributed by atoms with Crippen LogP contribution in [0.4, 0.5) is 5.69 Å². The molecule has 0 bridgehead atoms. The summed E-state index contributed by atoms with van der Waals surface area (Å²) in [6.45, 7) is 7.05. The summed E-state index contributed by atoms with van der Waals surface area (Å²) in [5.74, 6) is 0.540. The molecule has 2 aliphatic rings. The zero-order chi connectivity index (χ0) is 25.0. The number of nitrogens with one attached hydrogen (secondary N) is 1. The van der Waals surface area contributed by atoms with Crippen molar-refractivity contribution in [3.8, 4) is 5.75 Å². The monoisotopic (exact) mass is 516 g/mol. The highest BCUT2D eigenvalue weighted by atomic mass is 35.5. The maximum absolute atomic E-state index is 13.0. The Morgan fingerprint density at radius 3 is 2.47 bits per heavy atom. The van der Waals surface area contributed by atoms with Crippen LogP contribution in [0.25, 0.3) is 0 Å². The van der Waals surface area contributed by atoms with Crippen molar-refractivity contribution in [3.05, 3.63) is 22.7 Å². The van der Waals surface area contributed by atoms with E-state index in [0.717, 1.165) is 32.4 Å². The number of hydrogen-bond donors (Lipinski definition) is 2. The molecule has 0 aromatic heterocycles. The Balaban J connectivity index is 1.55. The molecule has 1 aromatic carbocycles. The summed E-state index contributed by atoms with van der Waals surface area (Å²) < 4.78 is 37.5. The average molecular weight is 517 g/mol. The van der Waals surface area contributed by atoms with Gasteiger partial charge in [-0.2, -0.15) is 0 Å². The number of likely N-dealkylation sites (tertiary alicyclic amines) is 1. The van der Waals surface area contributed by atoms with E-state index in [9.17, 15) is 13.2 Å². The van der Waals surface area contributed by atoms with E-state index >= 15 is 0 Å². The number of halogens is 1. The van der Waals surface area contributed by atoms with Crippen LogP contribution in [-0.4, -0.2) is 87.9 Å². The molecule has 2 atom stereocenters. The average Bonchev–Trinajstić information content (AvgIpc) is 2.81. The molecule has 3 N–H and O–H groups in total. The van der Waals surface area contributed by atoms with Gasteiger partial charge in [0.25, 0.3) is 5.91 Å². The fourth-order valence-corrected chi connectivity index (χ4v) is 6.20. The molecule has 0 spiro atoms. The number of ether oxygens (including phenoxy) is 2. The number of amides is 1. The van der Waals surface area contributed by atoms with Gasteiger partial charge < -0.3 is 25.4 Å². The van der Waals surface area contributed by atoms with E-state index in [-0.39, 0.29) is 23.3 Å². The summed E-state index contributed by atoms with van der Waals surface area (Å²) in [6.07, 6.45) is 2.31. The van der Waals surface area contributed by atoms with Crippen LogP contribution in [-0.2, 0) is 14.8 Å². The third-order valence-electron chi connectivity index (χ3n) is 6.87. The van der Waals surface area contributed by atoms with E-state index in [1.54, 1.807) is 31.3 Å². The zero-order valence-corrected chi connectivity index (χ0v) is 22.0. The van der Waals surface area contributed by atoms with Crippen molar-refractivity contribution in [2.24, 2.45) is 5.92 Å². The molecule has 1 amide bonds. The lowest BCUT2D eigenvalue weighted by atomic mass is 9.94. The Bertz CT molecular complexity index is 966. The molecular formula is C23H37ClN4O5S. The third-order valence-corrected chi connectivity index (χ3v) is 9.48. The van der Waals surface area contributed by atoms with Gasteiger partial charge in [-0.05, 0) is 45.1 Å². The number of nitrogen functional groups attached to an aromatic ring is 1. The number of nitrogens with two attached hydrogens (primary N) is 1. The van der Waals surface area contributed by atoms with Gasteiger partial charge in [-0.15, -0.1) is 0 Å². The first-order valence-corrected chi connectivity index (χ1v) is 13.6. The number of carbonyl (C=O) groups excluding carboxylic acids is 1. The lowest BCUT2D eigenvalue weighted by Gasteiger charge is -2.41. The highest BCUT2D eigenvalue weighted by Crippen LogP contribution is 2.29. The van der Waals surface area contributed by atoms with E-state index in [0.29, 0.717) is 47.6 Å². The Morgan fingerprint density at radius 2 is 1.88 bits per heavy atom. The summed E-state index contributed by atoms with van der Waals surface area (Å²) in [5.41, 5.74) is 6.51. The highest BCUT2D eigenvalue weighted by molar-refractivity contribution is 7.89. The van der Waals surface area contributed by atoms with Crippen LogP contribution in [0.5, 0.6) is 5.75 Å². The van der Waals surface area contributed by atoms with E-state index < -0.39 is 10.0 Å². The molecule has 0 radical (unpaired) electrons. The molecule has 34 heavy (non-hydrogen) atoms. The lowest BCUT2D eigenvalue weighted by Crippen LogP contribution is -2.55. The number of rotatable bonds is 8. The number of sulfonamides is 1. The number of carbonyl (C=O) groups is 1. The Kier molecular flexibility index (Phi) is 9.08. The molecule has 0 saturated carbocycles. The van der Waals surface area contributed by atoms with Gasteiger partial charge in [0.05, 0.1) is 40.8 Å². The van der Waals surface area contributed by atoms with Gasteiger partial charge >= 0.3 is 0 Å². The predicted octanol–water partition coefficient (Wildman–Crippen LogP) is 2.20. The first-order chi connectivity index (χ1) is 16.1. The standard InChI is InChI=1S/C23H37ClN4O5S/c1-15(2)34(30,31)28-9-5-16(6-10-28)13-27-8-7-20(22(14-27)33-4)26-23(29)17-11-18(24)19(25)12-21(17)32-3/h11-12,15-16,20,22H,5-10,13-14,25H2,1-4H3,(H,26,29). The minimum atomic E-state index is -3.19. The largest absolute Gasteiger partial charge is 0.496 e. The van der Waals surface area contributed by atoms with Gasteiger partial charge in [0.15, 0.2) is 0 Å². The second-order valence-corrected chi connectivity index (χ2v) is 12.3. The fourth-order valence-electron chi connectivity index (χ4n) is 4.72. The second kappa shape index (κ2) is 11.4. The molecule has 2 aliphatic heterocycles. The normalized spacial score (nSPS) is 23.2. The summed E-state index contributed by atoms with van der Waals surface area (Å²) in [7, 11) is -0.0451. The maximum Gasteiger partial charge on any atom is 0.255 e. The number of methoxy groups -OCH3 is 2. The summed E-state index contributed by atoms with van der Waals surface area (Å²) in [4.78, 5) is 15.3. The van der Waals surface area contributed by atoms with E-state index in [1.807, 2.05) is 0 Å². The van der Waals surface area contributed by atoms with E-state index in [1.165, 1.54) is 13.2 Å². The zero-order valence-electron chi connectivity index (χ0n) is 20.4. The number of piperidine rings is 2. The molecule has 11 heteroatoms. The van der Waals surface area contributed by atoms with Crippen molar-refractivity contribution >= 4 is 33.2 Å². The van der Waals surface area contributed by atoms with Gasteiger partial charge in [-0.3, -0.25) is 4.79 Å². The van der Waals surface area contributed by atoms with Crippen molar-refractivity contribution < 1.29 is 22.7 Å². The minimum absolute atomic E-state index is 0.146. The van der Waals surface area contributed by atoms with Gasteiger partial charge in [0.2, 0.25) is 10.0 Å². The molecule has 2 unspecified atom stereocenters. The summed E-state index contributed by atoms with van der Waals surface area (Å²) >= 11 is 6.12. The number of nitrogens with zero attached hydrogens (tertiary/aromatic N) is 2. The molecular weight excluding hydrogens is 480 g/mol. The second-order valence-electron chi connectivity index (χ2n) is 9.41. The van der Waals surface area contributed by atoms with Crippen molar-refractivity contribution in [2.75, 3.05) is 52.7 Å². The Hall–Kier alpha value is -1.59. The smallest absolute Gasteiger partial charge is 0.255 e. The molecule has 2 saturated heterocycles. The first kappa shape index (κ1) is 27.0. The molecule has 9 nitrogen and oxygen atoms in total. The Labute approximate surface area is 207 Å². The van der Waals surface area contributed by atoms with Crippen LogP contribution in [0.3, 0.4) is 0 Å². The van der Waals surface area contributed by atoms with Crippen LogP contribution in [0, 0.1) is 5.92 Å². The summed E-state index contributed by atoms with van der Waals surface area (Å²) in [5, 5.41) is 2.99. The maximum atomic E-state index is 13.0. The molecule has 2 heterocycles. The van der Waals surface area contributed by atoms with E-state index in [4.69, 9.17) is 26.8 Å². The quantitative estimate of drug-likeness (QED) is 0.509. The topological polar surface area (TPSA) is 114 Å². The van der Waals surface area contributed by atoms with Crippen LogP contribution < -0.4 is 15.8 Å². The van der Waals surface area contributed by atoms with Gasteiger partial charge in [0, 0.05) is 45.9 Å². The van der Waals surface area contributed by atoms with Crippen LogP contribution in [0.1, 0.15) is 43.5 Å². The molecule has 0 aliphatic carbocycles. The van der Waals surface area contributed by atoms with Crippen LogP contribution in [0.2, 0.25) is 5.02 Å². The van der Waals surface area contributed by atoms with Crippen molar-refractivity contribution in [3.63, 3.8) is 0 Å². The fraction of sp³-hybridized carbons (Fsp3) is 0.696. The number of hydrogen-bond acceptors (Lipinski definition) is 7. The molecule has 2 fully saturated rings. The predicted molar refractivity (Wildman–Crippen MR) is 134 cm³/mol. The van der Waals surface area contributed by atoms with Gasteiger partial charge in [-0.1, -0.05) is 11.6 Å². The molecule has 3 rings (SSSR count). The van der Waals surface area contributed by atoms with Gasteiger partial charge in [-0.25, -0.2) is 12.7 Å². The van der Waals surface area contributed by atoms with E-state index in [2.05, 4.69) is 10.2 Å². The third kappa shape index (κ3) is 6.15. The van der Waals surface area contributed by atoms with Crippen molar-refractivity contribution in [2.45, 2.75) is 50.5 Å². The summed E-state index contributed by atoms with van der Waals surface area (Å²) in [6, 6.07) is 2.92. The molecule has 1 aromatic rings. The van der Waals surface area contributed by atoms with Crippen LogP contribution in [0.15, 0.2) is 12.1 Å². The molecule has 192 valence electrons. The first-order valence-electron chi connectivity index (χ1n) is 11.7. The highest BCUT2D eigenvalue weighted by Gasteiger charge is 2.34. The number of benzene rings is 1. The SMILES string of the molecule is COc1cc(N)c(Cl)cc1C(=O)NC1CCN(CC2CCN(S(=O)(=O)C(C)C)CC2)CC1OC. The van der Waals surface area contributed by atoms with Crippen LogP contribution >= 0.6 is 11.6 Å². The minimum Gasteiger partial charge on any atom is -0.496 e. The Morgan fingerprint density at radius 1 is 1.21 bits per heavy atom. The lowest BCUT2D eigenvalue weighted by molar-refractivity contribution is -0.000150. The van der Waals surface area contributed by atoms with Gasteiger partial charge in [0.1, 0.15) is 5.75 Å².